The zero-order chi connectivity index (χ0) is 21.8. The van der Waals surface area contributed by atoms with Crippen LogP contribution in [0, 0.1) is 22.7 Å². The van der Waals surface area contributed by atoms with Gasteiger partial charge in [0, 0.05) is 24.7 Å². The third-order valence-corrected chi connectivity index (χ3v) is 6.75. The predicted molar refractivity (Wildman–Crippen MR) is 121 cm³/mol. The average Bonchev–Trinajstić information content (AvgIpc) is 3.21. The molecule has 1 aromatic rings. The second kappa shape index (κ2) is 9.68. The number of halogens is 1. The van der Waals surface area contributed by atoms with Crippen molar-refractivity contribution in [2.24, 2.45) is 11.3 Å². The highest BCUT2D eigenvalue weighted by molar-refractivity contribution is 6.30. The van der Waals surface area contributed by atoms with Crippen molar-refractivity contribution in [2.75, 3.05) is 32.7 Å². The van der Waals surface area contributed by atoms with E-state index in [9.17, 15) is 10.1 Å². The summed E-state index contributed by atoms with van der Waals surface area (Å²) in [7, 11) is 0. The lowest BCUT2D eigenvalue weighted by Crippen LogP contribution is -2.58. The van der Waals surface area contributed by atoms with Crippen molar-refractivity contribution in [3.8, 4) is 6.07 Å². The van der Waals surface area contributed by atoms with Crippen molar-refractivity contribution in [1.82, 2.24) is 15.5 Å². The molecular weight excluding hydrogens is 396 g/mol. The third-order valence-electron chi connectivity index (χ3n) is 6.49. The Bertz CT molecular complexity index is 761. The summed E-state index contributed by atoms with van der Waals surface area (Å²) in [6, 6.07) is 9.87. The first kappa shape index (κ1) is 23.1. The van der Waals surface area contributed by atoms with E-state index in [2.05, 4.69) is 42.4 Å². The van der Waals surface area contributed by atoms with Crippen molar-refractivity contribution in [1.29, 1.82) is 5.26 Å². The van der Waals surface area contributed by atoms with Gasteiger partial charge < -0.3 is 15.5 Å². The topological polar surface area (TPSA) is 68.2 Å². The van der Waals surface area contributed by atoms with Crippen LogP contribution in [0.25, 0.3) is 0 Å². The summed E-state index contributed by atoms with van der Waals surface area (Å²) in [4.78, 5) is 15.3. The largest absolute Gasteiger partial charge is 0.353 e. The molecule has 2 heterocycles. The van der Waals surface area contributed by atoms with Crippen molar-refractivity contribution in [2.45, 2.75) is 57.9 Å². The molecule has 2 N–H and O–H groups in total. The first-order valence-electron chi connectivity index (χ1n) is 11.1. The number of likely N-dealkylation sites (tertiary alicyclic amines) is 1. The number of hydrogen-bond acceptors (Lipinski definition) is 4. The second-order valence-corrected chi connectivity index (χ2v) is 10.5. The molecule has 0 aromatic heterocycles. The molecule has 2 fully saturated rings. The molecule has 3 rings (SSSR count). The number of carbonyl (C=O) groups excluding carboxylic acids is 1. The van der Waals surface area contributed by atoms with Crippen molar-refractivity contribution >= 4 is 17.5 Å². The van der Waals surface area contributed by atoms with E-state index in [1.807, 2.05) is 24.3 Å². The molecule has 1 amide bonds. The molecule has 0 aliphatic carbocycles. The number of benzene rings is 1. The standard InChI is InChI=1S/C24H35ClN4O/c1-23(2,3)14-19-16-28-21(22(30)27-10-13-29-11-4-5-12-29)15-24(19,17-26)18-6-8-20(25)9-7-18/h6-9,19,21,28H,4-5,10-16H2,1-3H3,(H,27,30). The molecular formula is C24H35ClN4O. The summed E-state index contributed by atoms with van der Waals surface area (Å²) in [5.41, 5.74) is 0.339. The summed E-state index contributed by atoms with van der Waals surface area (Å²) >= 11 is 6.11. The maximum atomic E-state index is 12.9. The zero-order valence-electron chi connectivity index (χ0n) is 18.5. The minimum absolute atomic E-state index is 0.00278. The highest BCUT2D eigenvalue weighted by Crippen LogP contribution is 2.44. The summed E-state index contributed by atoms with van der Waals surface area (Å²) in [5.74, 6) is 0.120. The van der Waals surface area contributed by atoms with Crippen molar-refractivity contribution in [3.63, 3.8) is 0 Å². The van der Waals surface area contributed by atoms with Gasteiger partial charge in [-0.1, -0.05) is 44.5 Å². The van der Waals surface area contributed by atoms with E-state index >= 15 is 0 Å². The van der Waals surface area contributed by atoms with Crippen LogP contribution in [0.4, 0.5) is 0 Å². The van der Waals surface area contributed by atoms with E-state index < -0.39 is 5.41 Å². The Kier molecular flexibility index (Phi) is 7.44. The van der Waals surface area contributed by atoms with E-state index in [0.717, 1.165) is 31.6 Å². The van der Waals surface area contributed by atoms with Gasteiger partial charge >= 0.3 is 0 Å². The molecule has 2 saturated heterocycles. The Hall–Kier alpha value is -1.61. The number of nitrogens with zero attached hydrogens (tertiary/aromatic N) is 2. The molecule has 1 aromatic carbocycles. The van der Waals surface area contributed by atoms with Crippen LogP contribution in [0.5, 0.6) is 0 Å². The van der Waals surface area contributed by atoms with Gasteiger partial charge in [-0.2, -0.15) is 5.26 Å². The van der Waals surface area contributed by atoms with Gasteiger partial charge in [0.05, 0.1) is 17.5 Å². The van der Waals surface area contributed by atoms with Gasteiger partial charge in [-0.15, -0.1) is 0 Å². The predicted octanol–water partition coefficient (Wildman–Crippen LogP) is 3.73. The number of hydrogen-bond donors (Lipinski definition) is 2. The molecule has 5 nitrogen and oxygen atoms in total. The first-order valence-corrected chi connectivity index (χ1v) is 11.5. The van der Waals surface area contributed by atoms with Gasteiger partial charge in [-0.25, -0.2) is 0 Å². The molecule has 164 valence electrons. The lowest BCUT2D eigenvalue weighted by Gasteiger charge is -2.45. The minimum atomic E-state index is -0.708. The molecule has 2 aliphatic heterocycles. The van der Waals surface area contributed by atoms with Crippen LogP contribution < -0.4 is 10.6 Å². The Morgan fingerprint density at radius 3 is 2.57 bits per heavy atom. The number of carbonyl (C=O) groups is 1. The second-order valence-electron chi connectivity index (χ2n) is 10.1. The third kappa shape index (κ3) is 5.55. The normalized spacial score (nSPS) is 27.6. The molecule has 2 aliphatic rings. The lowest BCUT2D eigenvalue weighted by molar-refractivity contribution is -0.124. The van der Waals surface area contributed by atoms with Gasteiger partial charge in [0.2, 0.25) is 5.91 Å². The maximum absolute atomic E-state index is 12.9. The van der Waals surface area contributed by atoms with E-state index in [1.54, 1.807) is 0 Å². The van der Waals surface area contributed by atoms with E-state index in [0.29, 0.717) is 24.5 Å². The average molecular weight is 431 g/mol. The number of nitrogens with one attached hydrogen (secondary N) is 2. The van der Waals surface area contributed by atoms with Crippen LogP contribution in [0.3, 0.4) is 0 Å². The van der Waals surface area contributed by atoms with Crippen LogP contribution in [-0.4, -0.2) is 49.6 Å². The van der Waals surface area contributed by atoms with Crippen LogP contribution in [0.1, 0.15) is 52.0 Å². The molecule has 6 heteroatoms. The maximum Gasteiger partial charge on any atom is 0.237 e. The van der Waals surface area contributed by atoms with E-state index in [-0.39, 0.29) is 23.3 Å². The lowest BCUT2D eigenvalue weighted by atomic mass is 9.61. The van der Waals surface area contributed by atoms with Crippen LogP contribution >= 0.6 is 11.6 Å². The monoisotopic (exact) mass is 430 g/mol. The molecule has 3 unspecified atom stereocenters. The van der Waals surface area contributed by atoms with E-state index in [4.69, 9.17) is 11.6 Å². The van der Waals surface area contributed by atoms with Gasteiger partial charge in [0.25, 0.3) is 0 Å². The molecule has 0 saturated carbocycles. The van der Waals surface area contributed by atoms with Gasteiger partial charge in [-0.3, -0.25) is 4.79 Å². The summed E-state index contributed by atoms with van der Waals surface area (Å²) < 4.78 is 0. The minimum Gasteiger partial charge on any atom is -0.353 e. The van der Waals surface area contributed by atoms with Gasteiger partial charge in [0.1, 0.15) is 0 Å². The molecule has 30 heavy (non-hydrogen) atoms. The zero-order valence-corrected chi connectivity index (χ0v) is 19.3. The molecule has 0 spiro atoms. The van der Waals surface area contributed by atoms with Gasteiger partial charge in [0.15, 0.2) is 0 Å². The molecule has 0 bridgehead atoms. The van der Waals surface area contributed by atoms with Crippen LogP contribution in [0.2, 0.25) is 5.02 Å². The Labute approximate surface area is 186 Å². The summed E-state index contributed by atoms with van der Waals surface area (Å²) in [6.07, 6.45) is 3.87. The van der Waals surface area contributed by atoms with Crippen LogP contribution in [0.15, 0.2) is 24.3 Å². The van der Waals surface area contributed by atoms with Gasteiger partial charge in [-0.05, 0) is 67.8 Å². The van der Waals surface area contributed by atoms with Crippen molar-refractivity contribution in [3.05, 3.63) is 34.9 Å². The first-order chi connectivity index (χ1) is 14.2. The van der Waals surface area contributed by atoms with Crippen LogP contribution in [-0.2, 0) is 10.2 Å². The SMILES string of the molecule is CC(C)(C)CC1CNC(C(=O)NCCN2CCCC2)CC1(C#N)c1ccc(Cl)cc1. The number of rotatable bonds is 6. The molecule has 0 radical (unpaired) electrons. The highest BCUT2D eigenvalue weighted by atomic mass is 35.5. The fourth-order valence-electron chi connectivity index (χ4n) is 4.96. The number of amides is 1. The Balaban J connectivity index is 1.75. The highest BCUT2D eigenvalue weighted by Gasteiger charge is 2.48. The fraction of sp³-hybridized carbons (Fsp3) is 0.667. The number of nitriles is 1. The van der Waals surface area contributed by atoms with Crippen molar-refractivity contribution < 1.29 is 4.79 Å². The molecule has 3 atom stereocenters. The Morgan fingerprint density at radius 1 is 1.30 bits per heavy atom. The fourth-order valence-corrected chi connectivity index (χ4v) is 5.09. The van der Waals surface area contributed by atoms with E-state index in [1.165, 1.54) is 12.8 Å². The summed E-state index contributed by atoms with van der Waals surface area (Å²) in [5, 5.41) is 17.6. The number of piperidine rings is 1. The quantitative estimate of drug-likeness (QED) is 0.721. The Morgan fingerprint density at radius 2 is 1.97 bits per heavy atom. The smallest absolute Gasteiger partial charge is 0.237 e. The summed E-state index contributed by atoms with van der Waals surface area (Å²) in [6.45, 7) is 11.1.